The Hall–Kier alpha value is -1.62. The molecule has 1 aromatic heterocycles. The van der Waals surface area contributed by atoms with Gasteiger partial charge in [0, 0.05) is 11.3 Å². The van der Waals surface area contributed by atoms with Crippen LogP contribution in [0.1, 0.15) is 49.7 Å². The summed E-state index contributed by atoms with van der Waals surface area (Å²) in [7, 11) is 0. The zero-order valence-corrected chi connectivity index (χ0v) is 12.6. The van der Waals surface area contributed by atoms with Crippen molar-refractivity contribution < 1.29 is 14.7 Å². The van der Waals surface area contributed by atoms with Crippen LogP contribution in [0.3, 0.4) is 0 Å². The van der Waals surface area contributed by atoms with Gasteiger partial charge in [-0.25, -0.2) is 9.78 Å². The first kappa shape index (κ1) is 16.4. The van der Waals surface area contributed by atoms with Gasteiger partial charge in [0.1, 0.15) is 10.7 Å². The van der Waals surface area contributed by atoms with Crippen LogP contribution in [0.25, 0.3) is 0 Å². The Morgan fingerprint density at radius 2 is 1.90 bits per heavy atom. The minimum absolute atomic E-state index is 0.225. The lowest BCUT2D eigenvalue weighted by atomic mass is 9.92. The molecule has 0 fully saturated rings. The van der Waals surface area contributed by atoms with Crippen molar-refractivity contribution in [3.63, 3.8) is 0 Å². The minimum atomic E-state index is -1.25. The highest BCUT2D eigenvalue weighted by Crippen LogP contribution is 2.18. The van der Waals surface area contributed by atoms with Gasteiger partial charge in [0.15, 0.2) is 0 Å². The van der Waals surface area contributed by atoms with E-state index in [2.05, 4.69) is 10.3 Å². The molecule has 0 saturated heterocycles. The predicted molar refractivity (Wildman–Crippen MR) is 77.0 cm³/mol. The van der Waals surface area contributed by atoms with Gasteiger partial charge in [0.05, 0.1) is 0 Å². The molecule has 0 saturated carbocycles. The molecule has 1 heterocycles. The number of carboxylic acids is 1. The number of aliphatic carboxylic acids is 1. The molecule has 0 aromatic carbocycles. The molecular formula is C14H19ClN2O3. The monoisotopic (exact) mass is 298 g/mol. The molecule has 110 valence electrons. The van der Waals surface area contributed by atoms with Gasteiger partial charge in [-0.15, -0.1) is 0 Å². The summed E-state index contributed by atoms with van der Waals surface area (Å²) in [6.07, 6.45) is 1.26. The van der Waals surface area contributed by atoms with Crippen LogP contribution in [0.5, 0.6) is 0 Å². The second-order valence-electron chi connectivity index (χ2n) is 4.57. The maximum absolute atomic E-state index is 12.2. The third-order valence-corrected chi connectivity index (χ3v) is 3.63. The van der Waals surface area contributed by atoms with Crippen molar-refractivity contribution in [3.8, 4) is 0 Å². The van der Waals surface area contributed by atoms with Crippen molar-refractivity contribution in [2.75, 3.05) is 0 Å². The van der Waals surface area contributed by atoms with Crippen LogP contribution in [-0.4, -0.2) is 27.5 Å². The van der Waals surface area contributed by atoms with Gasteiger partial charge in [-0.2, -0.15) is 0 Å². The van der Waals surface area contributed by atoms with E-state index in [1.54, 1.807) is 19.9 Å². The maximum atomic E-state index is 12.2. The number of hydrogen-bond acceptors (Lipinski definition) is 3. The normalized spacial score (nSPS) is 11.2. The predicted octanol–water partition coefficient (Wildman–Crippen LogP) is 2.67. The molecule has 1 amide bonds. The molecule has 0 spiro atoms. The number of aromatic nitrogens is 1. The summed E-state index contributed by atoms with van der Waals surface area (Å²) >= 11 is 5.87. The number of carbonyl (C=O) groups is 2. The zero-order chi connectivity index (χ0) is 15.3. The van der Waals surface area contributed by atoms with Crippen molar-refractivity contribution in [2.45, 2.75) is 45.6 Å². The molecule has 1 aromatic rings. The summed E-state index contributed by atoms with van der Waals surface area (Å²) in [6, 6.07) is 3.06. The Kier molecular flexibility index (Phi) is 5.51. The molecule has 5 nitrogen and oxygen atoms in total. The molecule has 2 N–H and O–H groups in total. The number of carbonyl (C=O) groups excluding carboxylic acids is 1. The summed E-state index contributed by atoms with van der Waals surface area (Å²) in [5, 5.41) is 12.1. The van der Waals surface area contributed by atoms with Gasteiger partial charge >= 0.3 is 5.97 Å². The fraction of sp³-hybridized carbons (Fsp3) is 0.500. The quantitative estimate of drug-likeness (QED) is 0.791. The van der Waals surface area contributed by atoms with Gasteiger partial charge in [-0.3, -0.25) is 4.79 Å². The second kappa shape index (κ2) is 6.70. The van der Waals surface area contributed by atoms with Crippen LogP contribution < -0.4 is 5.32 Å². The highest BCUT2D eigenvalue weighted by Gasteiger charge is 2.36. The van der Waals surface area contributed by atoms with E-state index in [1.165, 1.54) is 6.07 Å². The molecule has 20 heavy (non-hydrogen) atoms. The number of nitrogens with one attached hydrogen (secondary N) is 1. The lowest BCUT2D eigenvalue weighted by molar-refractivity contribution is -0.144. The number of aryl methyl sites for hydroxylation is 1. The molecular weight excluding hydrogens is 280 g/mol. The van der Waals surface area contributed by atoms with Crippen LogP contribution in [0.4, 0.5) is 0 Å². The molecule has 0 unspecified atom stereocenters. The van der Waals surface area contributed by atoms with Crippen LogP contribution in [0.2, 0.25) is 5.15 Å². The number of hydrogen-bond donors (Lipinski definition) is 2. The lowest BCUT2D eigenvalue weighted by Gasteiger charge is -2.28. The molecule has 6 heteroatoms. The van der Waals surface area contributed by atoms with Gasteiger partial charge in [0.25, 0.3) is 5.91 Å². The van der Waals surface area contributed by atoms with Gasteiger partial charge < -0.3 is 10.4 Å². The van der Waals surface area contributed by atoms with Crippen molar-refractivity contribution in [3.05, 3.63) is 28.5 Å². The van der Waals surface area contributed by atoms with E-state index in [4.69, 9.17) is 11.6 Å². The number of halogens is 1. The summed E-state index contributed by atoms with van der Waals surface area (Å²) in [4.78, 5) is 27.7. The summed E-state index contributed by atoms with van der Waals surface area (Å²) in [6.45, 7) is 5.36. The molecule has 0 atom stereocenters. The highest BCUT2D eigenvalue weighted by atomic mass is 35.5. The Bertz CT molecular complexity index is 513. The summed E-state index contributed by atoms with van der Waals surface area (Å²) in [5.41, 5.74) is -0.231. The molecule has 1 rings (SSSR count). The smallest absolute Gasteiger partial charge is 0.329 e. The third-order valence-electron chi connectivity index (χ3n) is 3.44. The Labute approximate surface area is 123 Å². The molecule has 0 radical (unpaired) electrons. The first-order chi connectivity index (χ1) is 9.38. The number of nitrogens with zero attached hydrogens (tertiary/aromatic N) is 1. The molecule has 0 bridgehead atoms. The van der Waals surface area contributed by atoms with E-state index in [-0.39, 0.29) is 5.15 Å². The first-order valence-electron chi connectivity index (χ1n) is 6.60. The number of pyridine rings is 1. The Balaban J connectivity index is 3.06. The van der Waals surface area contributed by atoms with Crippen LogP contribution in [0.15, 0.2) is 12.1 Å². The zero-order valence-electron chi connectivity index (χ0n) is 11.9. The third kappa shape index (κ3) is 3.48. The average Bonchev–Trinajstić information content (AvgIpc) is 2.43. The van der Waals surface area contributed by atoms with Crippen LogP contribution >= 0.6 is 11.6 Å². The summed E-state index contributed by atoms with van der Waals surface area (Å²) in [5.74, 6) is -1.48. The average molecular weight is 299 g/mol. The SMILES string of the molecule is CCc1cc(C(=O)NC(CC)(CC)C(=O)O)cc(Cl)n1. The fourth-order valence-electron chi connectivity index (χ4n) is 1.94. The molecule has 0 aliphatic carbocycles. The Morgan fingerprint density at radius 3 is 2.35 bits per heavy atom. The van der Waals surface area contributed by atoms with Gasteiger partial charge in [-0.1, -0.05) is 32.4 Å². The van der Waals surface area contributed by atoms with E-state index >= 15 is 0 Å². The van der Waals surface area contributed by atoms with Gasteiger partial charge in [0.2, 0.25) is 0 Å². The van der Waals surface area contributed by atoms with E-state index in [0.717, 1.165) is 0 Å². The fourth-order valence-corrected chi connectivity index (χ4v) is 2.16. The Morgan fingerprint density at radius 1 is 1.30 bits per heavy atom. The van der Waals surface area contributed by atoms with E-state index in [1.807, 2.05) is 6.92 Å². The number of amides is 1. The standard InChI is InChI=1S/C14H19ClN2O3/c1-4-10-7-9(8-11(15)16-10)12(18)17-14(5-2,6-3)13(19)20/h7-8H,4-6H2,1-3H3,(H,17,18)(H,19,20). The van der Waals surface area contributed by atoms with Crippen molar-refractivity contribution >= 4 is 23.5 Å². The minimum Gasteiger partial charge on any atom is -0.480 e. The van der Waals surface area contributed by atoms with Crippen LogP contribution in [0, 0.1) is 0 Å². The van der Waals surface area contributed by atoms with Crippen molar-refractivity contribution in [1.82, 2.24) is 10.3 Å². The number of rotatable bonds is 6. The number of carboxylic acid groups (broad SMARTS) is 1. The summed E-state index contributed by atoms with van der Waals surface area (Å²) < 4.78 is 0. The topological polar surface area (TPSA) is 79.3 Å². The highest BCUT2D eigenvalue weighted by molar-refractivity contribution is 6.29. The van der Waals surface area contributed by atoms with Crippen LogP contribution in [-0.2, 0) is 11.2 Å². The second-order valence-corrected chi connectivity index (χ2v) is 4.96. The van der Waals surface area contributed by atoms with Gasteiger partial charge in [-0.05, 0) is 31.4 Å². The van der Waals surface area contributed by atoms with E-state index in [9.17, 15) is 14.7 Å². The molecule has 0 aliphatic rings. The van der Waals surface area contributed by atoms with Crippen molar-refractivity contribution in [1.29, 1.82) is 0 Å². The van der Waals surface area contributed by atoms with E-state index < -0.39 is 17.4 Å². The first-order valence-corrected chi connectivity index (χ1v) is 6.98. The maximum Gasteiger partial charge on any atom is 0.329 e. The largest absolute Gasteiger partial charge is 0.480 e. The van der Waals surface area contributed by atoms with E-state index in [0.29, 0.717) is 30.5 Å². The van der Waals surface area contributed by atoms with Crippen molar-refractivity contribution in [2.24, 2.45) is 0 Å². The molecule has 0 aliphatic heterocycles. The lowest BCUT2D eigenvalue weighted by Crippen LogP contribution is -2.53.